The van der Waals surface area contributed by atoms with Crippen LogP contribution in [0.3, 0.4) is 0 Å². The lowest BCUT2D eigenvalue weighted by Crippen LogP contribution is -2.33. The van der Waals surface area contributed by atoms with Crippen LogP contribution >= 0.6 is 0 Å². The highest BCUT2D eigenvalue weighted by Gasteiger charge is 2.44. The Morgan fingerprint density at radius 3 is 2.30 bits per heavy atom. The summed E-state index contributed by atoms with van der Waals surface area (Å²) in [7, 11) is 0. The van der Waals surface area contributed by atoms with Gasteiger partial charge >= 0.3 is 17.8 Å². The first-order chi connectivity index (χ1) is 9.45. The minimum absolute atomic E-state index is 0.110. The molecule has 1 saturated heterocycles. The Balaban J connectivity index is 2.14. The molecule has 1 aromatic rings. The Labute approximate surface area is 116 Å². The predicted molar refractivity (Wildman–Crippen MR) is 68.5 cm³/mol. The fourth-order valence-corrected chi connectivity index (χ4v) is 1.95. The van der Waals surface area contributed by atoms with Crippen molar-refractivity contribution in [2.24, 2.45) is 0 Å². The number of oxazole rings is 1. The Morgan fingerprint density at radius 2 is 1.75 bits per heavy atom. The molecule has 0 atom stereocenters. The zero-order valence-corrected chi connectivity index (χ0v) is 11.8. The Hall–Kier alpha value is -2.18. The lowest BCUT2D eigenvalue weighted by atomic mass is 10.3. The standard InChI is InChI=1S/C13H17N3O4/c1-4-5-6-15-11(17)12(18)16(13(15)19)7-10-14-8(2)9(3)20-10/h4-7H2,1-3H3. The van der Waals surface area contributed by atoms with Gasteiger partial charge in [0.25, 0.3) is 0 Å². The number of hydrogen-bond acceptors (Lipinski definition) is 5. The highest BCUT2D eigenvalue weighted by Crippen LogP contribution is 2.17. The number of nitrogens with zero attached hydrogens (tertiary/aromatic N) is 3. The normalized spacial score (nSPS) is 15.7. The Kier molecular flexibility index (Phi) is 3.87. The first-order valence-electron chi connectivity index (χ1n) is 6.56. The maximum Gasteiger partial charge on any atom is 0.334 e. The van der Waals surface area contributed by atoms with E-state index in [-0.39, 0.29) is 19.0 Å². The zero-order chi connectivity index (χ0) is 14.9. The molecule has 0 aromatic carbocycles. The minimum atomic E-state index is -0.820. The third kappa shape index (κ3) is 2.43. The molecule has 108 valence electrons. The van der Waals surface area contributed by atoms with E-state index >= 15 is 0 Å². The maximum absolute atomic E-state index is 12.1. The molecular formula is C13H17N3O4. The van der Waals surface area contributed by atoms with Crippen molar-refractivity contribution in [2.75, 3.05) is 6.54 Å². The van der Waals surface area contributed by atoms with Crippen LogP contribution in [0, 0.1) is 13.8 Å². The smallest absolute Gasteiger partial charge is 0.334 e. The molecule has 1 aromatic heterocycles. The molecule has 1 aliphatic heterocycles. The molecule has 0 spiro atoms. The van der Waals surface area contributed by atoms with Crippen molar-refractivity contribution in [3.8, 4) is 0 Å². The van der Waals surface area contributed by atoms with Gasteiger partial charge in [-0.15, -0.1) is 0 Å². The van der Waals surface area contributed by atoms with Gasteiger partial charge < -0.3 is 4.42 Å². The molecule has 1 fully saturated rings. The lowest BCUT2D eigenvalue weighted by molar-refractivity contribution is -0.143. The Morgan fingerprint density at radius 1 is 1.10 bits per heavy atom. The van der Waals surface area contributed by atoms with Crippen molar-refractivity contribution < 1.29 is 18.8 Å². The third-order valence-electron chi connectivity index (χ3n) is 3.24. The van der Waals surface area contributed by atoms with Crippen LogP contribution in [-0.2, 0) is 16.1 Å². The summed E-state index contributed by atoms with van der Waals surface area (Å²) in [5.74, 6) is -0.705. The van der Waals surface area contributed by atoms with Crippen molar-refractivity contribution >= 4 is 17.8 Å². The van der Waals surface area contributed by atoms with Crippen molar-refractivity contribution in [1.29, 1.82) is 0 Å². The molecule has 7 nitrogen and oxygen atoms in total. The summed E-state index contributed by atoms with van der Waals surface area (Å²) in [6.07, 6.45) is 1.51. The van der Waals surface area contributed by atoms with Gasteiger partial charge in [-0.05, 0) is 20.3 Å². The molecule has 1 aliphatic rings. The fraction of sp³-hybridized carbons (Fsp3) is 0.538. The van der Waals surface area contributed by atoms with Gasteiger partial charge in [0.1, 0.15) is 12.3 Å². The molecule has 0 radical (unpaired) electrons. The van der Waals surface area contributed by atoms with E-state index < -0.39 is 17.8 Å². The number of amides is 4. The van der Waals surface area contributed by atoms with E-state index in [1.165, 1.54) is 0 Å². The first kappa shape index (κ1) is 14.2. The second-order valence-corrected chi connectivity index (χ2v) is 4.73. The highest BCUT2D eigenvalue weighted by molar-refractivity contribution is 6.44. The second-order valence-electron chi connectivity index (χ2n) is 4.73. The van der Waals surface area contributed by atoms with Gasteiger partial charge in [-0.2, -0.15) is 0 Å². The van der Waals surface area contributed by atoms with E-state index in [4.69, 9.17) is 4.42 Å². The van der Waals surface area contributed by atoms with Crippen molar-refractivity contribution in [2.45, 2.75) is 40.2 Å². The summed E-state index contributed by atoms with van der Waals surface area (Å²) < 4.78 is 5.34. The number of aromatic nitrogens is 1. The first-order valence-corrected chi connectivity index (χ1v) is 6.56. The van der Waals surface area contributed by atoms with Gasteiger partial charge in [-0.25, -0.2) is 14.7 Å². The maximum atomic E-state index is 12.1. The van der Waals surface area contributed by atoms with E-state index in [1.807, 2.05) is 6.92 Å². The molecule has 0 N–H and O–H groups in total. The van der Waals surface area contributed by atoms with Gasteiger partial charge in [-0.1, -0.05) is 13.3 Å². The van der Waals surface area contributed by atoms with Crippen LogP contribution in [0.15, 0.2) is 4.42 Å². The van der Waals surface area contributed by atoms with Gasteiger partial charge in [0, 0.05) is 6.54 Å². The van der Waals surface area contributed by atoms with Gasteiger partial charge in [0.05, 0.1) is 5.69 Å². The van der Waals surface area contributed by atoms with E-state index in [0.717, 1.165) is 16.2 Å². The van der Waals surface area contributed by atoms with Crippen molar-refractivity contribution in [3.63, 3.8) is 0 Å². The van der Waals surface area contributed by atoms with Crippen LogP contribution in [0.4, 0.5) is 4.79 Å². The van der Waals surface area contributed by atoms with Crippen LogP contribution in [0.2, 0.25) is 0 Å². The number of unbranched alkanes of at least 4 members (excludes halogenated alkanes) is 1. The topological polar surface area (TPSA) is 83.7 Å². The molecule has 0 bridgehead atoms. The average Bonchev–Trinajstić information content (AvgIpc) is 2.82. The van der Waals surface area contributed by atoms with E-state index in [0.29, 0.717) is 17.9 Å². The highest BCUT2D eigenvalue weighted by atomic mass is 16.4. The summed E-state index contributed by atoms with van der Waals surface area (Å²) in [5, 5.41) is 0. The molecule has 2 heterocycles. The molecule has 4 amide bonds. The van der Waals surface area contributed by atoms with Gasteiger partial charge in [-0.3, -0.25) is 14.5 Å². The number of aryl methyl sites for hydroxylation is 2. The van der Waals surface area contributed by atoms with Gasteiger partial charge in [0.2, 0.25) is 5.89 Å². The number of imide groups is 2. The molecule has 0 saturated carbocycles. The van der Waals surface area contributed by atoms with Crippen LogP contribution in [0.5, 0.6) is 0 Å². The van der Waals surface area contributed by atoms with Crippen LogP contribution < -0.4 is 0 Å². The third-order valence-corrected chi connectivity index (χ3v) is 3.24. The predicted octanol–water partition coefficient (Wildman–Crippen LogP) is 1.38. The van der Waals surface area contributed by atoms with Crippen molar-refractivity contribution in [3.05, 3.63) is 17.3 Å². The zero-order valence-electron chi connectivity index (χ0n) is 11.8. The molecule has 20 heavy (non-hydrogen) atoms. The van der Waals surface area contributed by atoms with Crippen LogP contribution in [0.1, 0.15) is 37.1 Å². The van der Waals surface area contributed by atoms with Crippen molar-refractivity contribution in [1.82, 2.24) is 14.8 Å². The summed E-state index contributed by atoms with van der Waals surface area (Å²) in [5.41, 5.74) is 0.702. The van der Waals surface area contributed by atoms with E-state index in [2.05, 4.69) is 4.98 Å². The quantitative estimate of drug-likeness (QED) is 0.600. The number of carbonyl (C=O) groups is 3. The SMILES string of the molecule is CCCCN1C(=O)C(=O)N(Cc2nc(C)c(C)o2)C1=O. The largest absolute Gasteiger partial charge is 0.444 e. The number of urea groups is 1. The summed E-state index contributed by atoms with van der Waals surface area (Å²) >= 11 is 0. The minimum Gasteiger partial charge on any atom is -0.444 e. The van der Waals surface area contributed by atoms with E-state index in [9.17, 15) is 14.4 Å². The van der Waals surface area contributed by atoms with Gasteiger partial charge in [0.15, 0.2) is 0 Å². The molecule has 7 heteroatoms. The number of carbonyl (C=O) groups excluding carboxylic acids is 3. The number of hydrogen-bond donors (Lipinski definition) is 0. The lowest BCUT2D eigenvalue weighted by Gasteiger charge is -2.13. The molecule has 2 rings (SSSR count). The summed E-state index contributed by atoms with van der Waals surface area (Å²) in [4.78, 5) is 41.6. The van der Waals surface area contributed by atoms with E-state index in [1.54, 1.807) is 13.8 Å². The second kappa shape index (κ2) is 5.44. The van der Waals surface area contributed by atoms with Crippen LogP contribution in [0.25, 0.3) is 0 Å². The molecular weight excluding hydrogens is 262 g/mol. The fourth-order valence-electron chi connectivity index (χ4n) is 1.95. The Bertz CT molecular complexity index is 544. The molecule has 0 unspecified atom stereocenters. The average molecular weight is 279 g/mol. The summed E-state index contributed by atoms with van der Waals surface area (Å²) in [6.45, 7) is 5.62. The molecule has 0 aliphatic carbocycles. The number of rotatable bonds is 5. The monoisotopic (exact) mass is 279 g/mol. The summed E-state index contributed by atoms with van der Waals surface area (Å²) in [6, 6.07) is -0.595. The van der Waals surface area contributed by atoms with Crippen LogP contribution in [-0.4, -0.2) is 39.2 Å².